The Balaban J connectivity index is 1.50. The number of halogens is 1. The van der Waals surface area contributed by atoms with E-state index in [1.807, 2.05) is 12.1 Å². The fourth-order valence-corrected chi connectivity index (χ4v) is 4.24. The van der Waals surface area contributed by atoms with Gasteiger partial charge in [0.25, 0.3) is 0 Å². The quantitative estimate of drug-likeness (QED) is 0.311. The standard InChI is InChI=1S/C26H31ClN4O7/c1-34-9-11-36-23-14-19-21(15-24(23)37-12-10-35-2)28-16-29-25(19)30-17-3-4-22(20(27)13-17)38-18-5-7-31(8-6-18)26(32)33/h3-4,13-16,18H,5-12H2,1-2H3,(H,32,33)(H,28,29,30). The van der Waals surface area contributed by atoms with Crippen molar-refractivity contribution < 1.29 is 33.6 Å². The number of nitrogens with zero attached hydrogens (tertiary/aromatic N) is 3. The molecular formula is C26H31ClN4O7. The minimum atomic E-state index is -0.905. The zero-order chi connectivity index (χ0) is 26.9. The van der Waals surface area contributed by atoms with Gasteiger partial charge in [-0.05, 0) is 24.3 Å². The predicted octanol–water partition coefficient (Wildman–Crippen LogP) is 4.60. The van der Waals surface area contributed by atoms with E-state index >= 15 is 0 Å². The molecule has 2 aromatic carbocycles. The van der Waals surface area contributed by atoms with Crippen molar-refractivity contribution in [2.75, 3.05) is 59.1 Å². The summed E-state index contributed by atoms with van der Waals surface area (Å²) in [5.74, 6) is 2.21. The molecule has 0 radical (unpaired) electrons. The number of amides is 1. The number of fused-ring (bicyclic) bond motifs is 1. The molecule has 0 aliphatic carbocycles. The van der Waals surface area contributed by atoms with Crippen LogP contribution in [0.2, 0.25) is 5.02 Å². The topological polar surface area (TPSA) is 125 Å². The van der Waals surface area contributed by atoms with Gasteiger partial charge in [0.2, 0.25) is 0 Å². The molecule has 1 aliphatic rings. The highest BCUT2D eigenvalue weighted by molar-refractivity contribution is 6.32. The maximum absolute atomic E-state index is 11.1. The third-order valence-electron chi connectivity index (χ3n) is 5.99. The summed E-state index contributed by atoms with van der Waals surface area (Å²) in [7, 11) is 3.22. The third-order valence-corrected chi connectivity index (χ3v) is 6.29. The SMILES string of the molecule is COCCOc1cc2ncnc(Nc3ccc(OC4CCN(C(=O)O)CC4)c(Cl)c3)c2cc1OCCOC. The molecule has 12 heteroatoms. The molecular weight excluding hydrogens is 516 g/mol. The number of ether oxygens (including phenoxy) is 5. The number of hydrogen-bond acceptors (Lipinski definition) is 9. The van der Waals surface area contributed by atoms with Gasteiger partial charge in [0.15, 0.2) is 11.5 Å². The first-order chi connectivity index (χ1) is 18.5. The maximum atomic E-state index is 11.1. The van der Waals surface area contributed by atoms with Crippen molar-refractivity contribution >= 4 is 40.1 Å². The molecule has 2 N–H and O–H groups in total. The molecule has 0 unspecified atom stereocenters. The minimum absolute atomic E-state index is 0.0930. The molecule has 0 atom stereocenters. The summed E-state index contributed by atoms with van der Waals surface area (Å²) < 4.78 is 28.0. The highest BCUT2D eigenvalue weighted by Gasteiger charge is 2.24. The lowest BCUT2D eigenvalue weighted by molar-refractivity contribution is 0.0895. The molecule has 1 aliphatic heterocycles. The lowest BCUT2D eigenvalue weighted by atomic mass is 10.1. The highest BCUT2D eigenvalue weighted by atomic mass is 35.5. The van der Waals surface area contributed by atoms with Gasteiger partial charge in [0.1, 0.15) is 37.2 Å². The highest BCUT2D eigenvalue weighted by Crippen LogP contribution is 2.36. The van der Waals surface area contributed by atoms with Crippen LogP contribution in [0.3, 0.4) is 0 Å². The van der Waals surface area contributed by atoms with E-state index in [0.717, 1.165) is 5.39 Å². The second-order valence-corrected chi connectivity index (χ2v) is 8.99. The van der Waals surface area contributed by atoms with Crippen molar-refractivity contribution in [1.29, 1.82) is 0 Å². The van der Waals surface area contributed by atoms with Gasteiger partial charge >= 0.3 is 6.09 Å². The third kappa shape index (κ3) is 7.06. The molecule has 11 nitrogen and oxygen atoms in total. The monoisotopic (exact) mass is 546 g/mol. The average molecular weight is 547 g/mol. The van der Waals surface area contributed by atoms with Crippen LogP contribution in [0.1, 0.15) is 12.8 Å². The number of rotatable bonds is 12. The van der Waals surface area contributed by atoms with E-state index in [4.69, 9.17) is 40.4 Å². The minimum Gasteiger partial charge on any atom is -0.489 e. The normalized spacial score (nSPS) is 13.9. The Labute approximate surface area is 225 Å². The number of piperidine rings is 1. The summed E-state index contributed by atoms with van der Waals surface area (Å²) in [6, 6.07) is 9.03. The van der Waals surface area contributed by atoms with E-state index in [2.05, 4.69) is 15.3 Å². The maximum Gasteiger partial charge on any atom is 0.407 e. The Hall–Kier alpha value is -3.54. The predicted molar refractivity (Wildman–Crippen MR) is 142 cm³/mol. The van der Waals surface area contributed by atoms with Crippen LogP contribution in [0.4, 0.5) is 16.3 Å². The lowest BCUT2D eigenvalue weighted by Crippen LogP contribution is -2.41. The number of carbonyl (C=O) groups is 1. The molecule has 38 heavy (non-hydrogen) atoms. The van der Waals surface area contributed by atoms with Gasteiger partial charge in [-0.15, -0.1) is 0 Å². The van der Waals surface area contributed by atoms with E-state index in [1.165, 1.54) is 11.2 Å². The summed E-state index contributed by atoms with van der Waals surface area (Å²) in [5.41, 5.74) is 1.39. The van der Waals surface area contributed by atoms with Crippen molar-refractivity contribution in [2.24, 2.45) is 0 Å². The molecule has 3 aromatic rings. The Morgan fingerprint density at radius 3 is 2.32 bits per heavy atom. The fraction of sp³-hybridized carbons (Fsp3) is 0.423. The summed E-state index contributed by atoms with van der Waals surface area (Å²) in [5, 5.41) is 13.6. The molecule has 1 fully saturated rings. The number of nitrogens with one attached hydrogen (secondary N) is 1. The van der Waals surface area contributed by atoms with E-state index in [1.54, 1.807) is 32.4 Å². The molecule has 1 aromatic heterocycles. The van der Waals surface area contributed by atoms with Crippen LogP contribution in [0.15, 0.2) is 36.7 Å². The first-order valence-corrected chi connectivity index (χ1v) is 12.6. The summed E-state index contributed by atoms with van der Waals surface area (Å²) >= 11 is 6.53. The van der Waals surface area contributed by atoms with Crippen molar-refractivity contribution in [3.05, 3.63) is 41.7 Å². The summed E-state index contributed by atoms with van der Waals surface area (Å²) in [6.45, 7) is 2.46. The van der Waals surface area contributed by atoms with Crippen LogP contribution in [-0.2, 0) is 9.47 Å². The molecule has 1 saturated heterocycles. The van der Waals surface area contributed by atoms with Crippen LogP contribution in [0.25, 0.3) is 10.9 Å². The number of methoxy groups -OCH3 is 2. The van der Waals surface area contributed by atoms with E-state index in [0.29, 0.717) is 91.7 Å². The van der Waals surface area contributed by atoms with Gasteiger partial charge in [-0.2, -0.15) is 0 Å². The van der Waals surface area contributed by atoms with Gasteiger partial charge in [-0.25, -0.2) is 14.8 Å². The molecule has 1 amide bonds. The number of hydrogen-bond donors (Lipinski definition) is 2. The second kappa shape index (κ2) is 13.3. The van der Waals surface area contributed by atoms with Crippen LogP contribution in [0.5, 0.6) is 17.2 Å². The van der Waals surface area contributed by atoms with Crippen molar-refractivity contribution in [2.45, 2.75) is 18.9 Å². The van der Waals surface area contributed by atoms with E-state index < -0.39 is 6.09 Å². The number of carboxylic acid groups (broad SMARTS) is 1. The van der Waals surface area contributed by atoms with Crippen LogP contribution in [0, 0.1) is 0 Å². The number of benzene rings is 2. The smallest absolute Gasteiger partial charge is 0.407 e. The van der Waals surface area contributed by atoms with Crippen molar-refractivity contribution in [1.82, 2.24) is 14.9 Å². The Kier molecular flexibility index (Phi) is 9.63. The lowest BCUT2D eigenvalue weighted by Gasteiger charge is -2.30. The Bertz CT molecular complexity index is 1240. The van der Waals surface area contributed by atoms with E-state index in [-0.39, 0.29) is 6.10 Å². The molecule has 4 rings (SSSR count). The summed E-state index contributed by atoms with van der Waals surface area (Å²) in [6.07, 6.45) is 1.70. The number of likely N-dealkylation sites (tertiary alicyclic amines) is 1. The second-order valence-electron chi connectivity index (χ2n) is 8.58. The number of anilines is 2. The van der Waals surface area contributed by atoms with E-state index in [9.17, 15) is 4.79 Å². The number of aromatic nitrogens is 2. The van der Waals surface area contributed by atoms with Gasteiger partial charge in [-0.3, -0.25) is 0 Å². The summed E-state index contributed by atoms with van der Waals surface area (Å²) in [4.78, 5) is 21.3. The van der Waals surface area contributed by atoms with Gasteiger partial charge in [0, 0.05) is 57.3 Å². The molecule has 0 bridgehead atoms. The molecule has 204 valence electrons. The first kappa shape index (κ1) is 27.5. The van der Waals surface area contributed by atoms with Crippen molar-refractivity contribution in [3.63, 3.8) is 0 Å². The van der Waals surface area contributed by atoms with Gasteiger partial charge < -0.3 is 39.0 Å². The van der Waals surface area contributed by atoms with Crippen LogP contribution < -0.4 is 19.5 Å². The average Bonchev–Trinajstić information content (AvgIpc) is 2.91. The van der Waals surface area contributed by atoms with Crippen LogP contribution >= 0.6 is 11.6 Å². The Morgan fingerprint density at radius 1 is 1.00 bits per heavy atom. The Morgan fingerprint density at radius 2 is 1.68 bits per heavy atom. The van der Waals surface area contributed by atoms with Gasteiger partial charge in [-0.1, -0.05) is 11.6 Å². The van der Waals surface area contributed by atoms with Crippen molar-refractivity contribution in [3.8, 4) is 17.2 Å². The molecule has 0 saturated carbocycles. The van der Waals surface area contributed by atoms with Gasteiger partial charge in [0.05, 0.1) is 23.8 Å². The zero-order valence-corrected chi connectivity index (χ0v) is 22.1. The largest absolute Gasteiger partial charge is 0.489 e. The first-order valence-electron chi connectivity index (χ1n) is 12.2. The molecule has 0 spiro atoms. The fourth-order valence-electron chi connectivity index (χ4n) is 4.01. The zero-order valence-electron chi connectivity index (χ0n) is 21.3. The van der Waals surface area contributed by atoms with Crippen LogP contribution in [-0.4, -0.2) is 85.9 Å². The molecule has 2 heterocycles.